The van der Waals surface area contributed by atoms with E-state index in [2.05, 4.69) is 29.5 Å². The lowest BCUT2D eigenvalue weighted by molar-refractivity contribution is 0.0950. The van der Waals surface area contributed by atoms with Crippen molar-refractivity contribution in [2.75, 3.05) is 18.1 Å². The number of benzene rings is 1. The highest BCUT2D eigenvalue weighted by atomic mass is 32.2. The van der Waals surface area contributed by atoms with Crippen LogP contribution in [0.2, 0.25) is 0 Å². The van der Waals surface area contributed by atoms with Crippen molar-refractivity contribution in [3.05, 3.63) is 46.8 Å². The lowest BCUT2D eigenvalue weighted by Gasteiger charge is -2.06. The van der Waals surface area contributed by atoms with Gasteiger partial charge in [0.15, 0.2) is 5.69 Å². The minimum atomic E-state index is -0.866. The summed E-state index contributed by atoms with van der Waals surface area (Å²) in [6, 6.07) is 8.18. The number of amides is 1. The molecule has 1 heterocycles. The number of hydrogen-bond donors (Lipinski definition) is 1. The molecule has 24 heavy (non-hydrogen) atoms. The molecule has 1 aliphatic rings. The van der Waals surface area contributed by atoms with Crippen molar-refractivity contribution >= 4 is 16.7 Å². The van der Waals surface area contributed by atoms with Gasteiger partial charge in [0.1, 0.15) is 0 Å². The molecule has 6 heteroatoms. The highest BCUT2D eigenvalue weighted by Crippen LogP contribution is 2.27. The molecule has 0 spiro atoms. The first-order valence-corrected chi connectivity index (χ1v) is 9.90. The van der Waals surface area contributed by atoms with Gasteiger partial charge in [-0.2, -0.15) is 5.10 Å². The van der Waals surface area contributed by atoms with Gasteiger partial charge in [-0.25, -0.2) is 4.68 Å². The predicted molar refractivity (Wildman–Crippen MR) is 96.2 cm³/mol. The fourth-order valence-corrected chi connectivity index (χ4v) is 3.64. The SMILES string of the molecule is CC[S@@](=O)CCNC(=O)c1nn(-c2ccc(C)cc2)c2c1CCC2. The summed E-state index contributed by atoms with van der Waals surface area (Å²) < 4.78 is 13.4. The van der Waals surface area contributed by atoms with Gasteiger partial charge in [-0.1, -0.05) is 24.6 Å². The molecule has 5 nitrogen and oxygen atoms in total. The molecule has 128 valence electrons. The molecule has 1 N–H and O–H groups in total. The second kappa shape index (κ2) is 7.30. The zero-order valence-electron chi connectivity index (χ0n) is 14.2. The van der Waals surface area contributed by atoms with Gasteiger partial charge in [-0.3, -0.25) is 9.00 Å². The van der Waals surface area contributed by atoms with E-state index in [1.54, 1.807) is 0 Å². The van der Waals surface area contributed by atoms with Gasteiger partial charge < -0.3 is 5.32 Å². The Labute approximate surface area is 144 Å². The Morgan fingerprint density at radius 2 is 2.04 bits per heavy atom. The number of rotatable bonds is 6. The van der Waals surface area contributed by atoms with Gasteiger partial charge in [-0.15, -0.1) is 0 Å². The quantitative estimate of drug-likeness (QED) is 0.873. The van der Waals surface area contributed by atoms with Gasteiger partial charge in [0.05, 0.1) is 5.69 Å². The van der Waals surface area contributed by atoms with E-state index >= 15 is 0 Å². The molecule has 0 saturated carbocycles. The Hall–Kier alpha value is -1.95. The van der Waals surface area contributed by atoms with Crippen LogP contribution in [0.3, 0.4) is 0 Å². The van der Waals surface area contributed by atoms with Crippen LogP contribution in [0.5, 0.6) is 0 Å². The van der Waals surface area contributed by atoms with E-state index in [1.807, 2.05) is 23.7 Å². The molecule has 0 saturated heterocycles. The zero-order valence-corrected chi connectivity index (χ0v) is 15.0. The van der Waals surface area contributed by atoms with Crippen LogP contribution >= 0.6 is 0 Å². The van der Waals surface area contributed by atoms with E-state index in [0.29, 0.717) is 23.7 Å². The second-order valence-electron chi connectivity index (χ2n) is 6.06. The van der Waals surface area contributed by atoms with Crippen molar-refractivity contribution in [3.8, 4) is 5.69 Å². The molecule has 2 aromatic rings. The minimum absolute atomic E-state index is 0.160. The molecule has 1 aromatic carbocycles. The average Bonchev–Trinajstić information content (AvgIpc) is 3.17. The first kappa shape index (κ1) is 16.9. The van der Waals surface area contributed by atoms with E-state index in [0.717, 1.165) is 36.2 Å². The summed E-state index contributed by atoms with van der Waals surface area (Å²) in [6.07, 6.45) is 2.90. The number of aromatic nitrogens is 2. The van der Waals surface area contributed by atoms with Crippen LogP contribution in [0.4, 0.5) is 0 Å². The Morgan fingerprint density at radius 1 is 1.29 bits per heavy atom. The van der Waals surface area contributed by atoms with Crippen LogP contribution < -0.4 is 5.32 Å². The number of fused-ring (bicyclic) bond motifs is 1. The molecule has 0 radical (unpaired) electrons. The largest absolute Gasteiger partial charge is 0.350 e. The number of hydrogen-bond acceptors (Lipinski definition) is 3. The molecule has 0 fully saturated rings. The van der Waals surface area contributed by atoms with Crippen molar-refractivity contribution in [2.45, 2.75) is 33.1 Å². The summed E-state index contributed by atoms with van der Waals surface area (Å²) in [5.41, 5.74) is 4.91. The van der Waals surface area contributed by atoms with Crippen molar-refractivity contribution in [1.82, 2.24) is 15.1 Å². The number of carbonyl (C=O) groups is 1. The summed E-state index contributed by atoms with van der Waals surface area (Å²) in [5.74, 6) is 0.947. The van der Waals surface area contributed by atoms with Crippen molar-refractivity contribution in [1.29, 1.82) is 0 Å². The van der Waals surface area contributed by atoms with Crippen LogP contribution in [0.1, 0.15) is 40.7 Å². The maximum Gasteiger partial charge on any atom is 0.272 e. The van der Waals surface area contributed by atoms with Gasteiger partial charge in [0.25, 0.3) is 5.91 Å². The van der Waals surface area contributed by atoms with Gasteiger partial charge in [0, 0.05) is 40.1 Å². The lowest BCUT2D eigenvalue weighted by atomic mass is 10.2. The van der Waals surface area contributed by atoms with Crippen molar-refractivity contribution < 1.29 is 9.00 Å². The number of carbonyl (C=O) groups excluding carboxylic acids is 1. The molecule has 3 rings (SSSR count). The van der Waals surface area contributed by atoms with Gasteiger partial charge >= 0.3 is 0 Å². The highest BCUT2D eigenvalue weighted by molar-refractivity contribution is 7.84. The molecular weight excluding hydrogens is 322 g/mol. The normalized spacial score (nSPS) is 14.4. The molecule has 1 aliphatic carbocycles. The fourth-order valence-electron chi connectivity index (χ4n) is 3.03. The third kappa shape index (κ3) is 3.43. The van der Waals surface area contributed by atoms with E-state index in [1.165, 1.54) is 5.56 Å². The van der Waals surface area contributed by atoms with Crippen LogP contribution in [0.25, 0.3) is 5.69 Å². The predicted octanol–water partition coefficient (Wildman–Crippen LogP) is 2.17. The first-order valence-electron chi connectivity index (χ1n) is 8.41. The Bertz CT molecular complexity index is 765. The van der Waals surface area contributed by atoms with Crippen LogP contribution in [-0.4, -0.2) is 37.9 Å². The topological polar surface area (TPSA) is 64.0 Å². The molecule has 0 bridgehead atoms. The van der Waals surface area contributed by atoms with Gasteiger partial charge in [0.2, 0.25) is 0 Å². The summed E-state index contributed by atoms with van der Waals surface area (Å²) >= 11 is 0. The monoisotopic (exact) mass is 345 g/mol. The smallest absolute Gasteiger partial charge is 0.272 e. The Balaban J connectivity index is 1.82. The summed E-state index contributed by atoms with van der Waals surface area (Å²) in [5, 5.41) is 7.44. The molecular formula is C18H23N3O2S. The average molecular weight is 345 g/mol. The third-order valence-corrected chi connectivity index (χ3v) is 5.66. The maximum absolute atomic E-state index is 12.5. The van der Waals surface area contributed by atoms with Crippen molar-refractivity contribution in [2.24, 2.45) is 0 Å². The lowest BCUT2D eigenvalue weighted by Crippen LogP contribution is -2.29. The van der Waals surface area contributed by atoms with Crippen molar-refractivity contribution in [3.63, 3.8) is 0 Å². The second-order valence-corrected chi connectivity index (χ2v) is 7.93. The van der Waals surface area contributed by atoms with Crippen LogP contribution in [0.15, 0.2) is 24.3 Å². The molecule has 0 unspecified atom stereocenters. The summed E-state index contributed by atoms with van der Waals surface area (Å²) in [4.78, 5) is 12.5. The Morgan fingerprint density at radius 3 is 2.75 bits per heavy atom. The standard InChI is InChI=1S/C18H23N3O2S/c1-3-24(23)12-11-19-18(22)17-15-5-4-6-16(15)21(20-17)14-9-7-13(2)8-10-14/h7-10H,3-6,11-12H2,1-2H3,(H,19,22)/t24-/m1/s1. The van der Waals surface area contributed by atoms with Gasteiger partial charge in [-0.05, 0) is 38.3 Å². The van der Waals surface area contributed by atoms with Crippen LogP contribution in [0, 0.1) is 6.92 Å². The molecule has 0 aliphatic heterocycles. The highest BCUT2D eigenvalue weighted by Gasteiger charge is 2.26. The molecule has 1 amide bonds. The molecule has 1 aromatic heterocycles. The fraction of sp³-hybridized carbons (Fsp3) is 0.444. The number of nitrogens with zero attached hydrogens (tertiary/aromatic N) is 2. The van der Waals surface area contributed by atoms with E-state index < -0.39 is 10.8 Å². The minimum Gasteiger partial charge on any atom is -0.350 e. The molecule has 1 atom stereocenters. The number of aryl methyl sites for hydroxylation is 1. The third-order valence-electron chi connectivity index (χ3n) is 4.36. The zero-order chi connectivity index (χ0) is 17.1. The number of nitrogens with one attached hydrogen (secondary N) is 1. The van der Waals surface area contributed by atoms with E-state index in [-0.39, 0.29) is 5.91 Å². The summed E-state index contributed by atoms with van der Waals surface area (Å²) in [6.45, 7) is 4.36. The first-order chi connectivity index (χ1) is 11.6. The maximum atomic E-state index is 12.5. The van der Waals surface area contributed by atoms with E-state index in [4.69, 9.17) is 0 Å². The Kier molecular flexibility index (Phi) is 5.14. The summed E-state index contributed by atoms with van der Waals surface area (Å²) in [7, 11) is -0.866. The van der Waals surface area contributed by atoms with Crippen LogP contribution in [-0.2, 0) is 23.6 Å². The van der Waals surface area contributed by atoms with E-state index in [9.17, 15) is 9.00 Å².